The quantitative estimate of drug-likeness (QED) is 0.569. The summed E-state index contributed by atoms with van der Waals surface area (Å²) in [6.45, 7) is -0.633. The van der Waals surface area contributed by atoms with Crippen molar-refractivity contribution in [2.75, 3.05) is 16.9 Å². The Kier molecular flexibility index (Phi) is 6.04. The van der Waals surface area contributed by atoms with Crippen LogP contribution in [0.5, 0.6) is 0 Å². The molecular weight excluding hydrogens is 412 g/mol. The lowest BCUT2D eigenvalue weighted by Gasteiger charge is -2.25. The molecule has 0 aliphatic carbocycles. The van der Waals surface area contributed by atoms with Crippen molar-refractivity contribution in [1.82, 2.24) is 5.43 Å². The van der Waals surface area contributed by atoms with Gasteiger partial charge in [-0.2, -0.15) is 13.2 Å². The number of amides is 1. The predicted octanol–water partition coefficient (Wildman–Crippen LogP) is 2.49. The summed E-state index contributed by atoms with van der Waals surface area (Å²) >= 11 is 6.07. The number of hydrogen-bond donors (Lipinski definition) is 2. The van der Waals surface area contributed by atoms with E-state index in [1.807, 2.05) is 0 Å². The van der Waals surface area contributed by atoms with Gasteiger partial charge in [-0.3, -0.25) is 4.79 Å². The molecule has 1 atom stereocenters. The Morgan fingerprint density at radius 2 is 2.00 bits per heavy atom. The van der Waals surface area contributed by atoms with Gasteiger partial charge >= 0.3 is 6.18 Å². The number of halogens is 5. The van der Waals surface area contributed by atoms with Crippen LogP contribution in [-0.4, -0.2) is 32.6 Å². The van der Waals surface area contributed by atoms with Gasteiger partial charge in [-0.25, -0.2) is 14.8 Å². The van der Waals surface area contributed by atoms with Gasteiger partial charge in [-0.15, -0.1) is 0 Å². The fourth-order valence-corrected chi connectivity index (χ4v) is 2.83. The minimum absolute atomic E-state index is 0.0566. The summed E-state index contributed by atoms with van der Waals surface area (Å²) in [5.41, 5.74) is 3.08. The molecule has 5 nitrogen and oxygen atoms in total. The third-order valence-electron chi connectivity index (χ3n) is 3.99. The van der Waals surface area contributed by atoms with Crippen molar-refractivity contribution in [2.45, 2.75) is 12.2 Å². The number of carbonyl (C=O) groups is 1. The number of nitrogens with zero attached hydrogens (tertiary/aromatic N) is 1. The van der Waals surface area contributed by atoms with Crippen LogP contribution in [0.15, 0.2) is 54.4 Å². The minimum Gasteiger partial charge on any atom is -0.468 e. The molecular formula is C18H15BClF4N3O2. The van der Waals surface area contributed by atoms with E-state index in [0.717, 1.165) is 11.1 Å². The lowest BCUT2D eigenvalue weighted by Crippen LogP contribution is -2.45. The second-order valence-corrected chi connectivity index (χ2v) is 6.67. The van der Waals surface area contributed by atoms with E-state index in [1.165, 1.54) is 24.3 Å². The molecule has 2 N–H and O–H groups in total. The molecule has 29 heavy (non-hydrogen) atoms. The zero-order chi connectivity index (χ0) is 21.2. The molecule has 2 aromatic carbocycles. The molecule has 0 aromatic heterocycles. The number of hydrazine groups is 1. The van der Waals surface area contributed by atoms with E-state index in [0.29, 0.717) is 5.46 Å². The van der Waals surface area contributed by atoms with E-state index in [4.69, 9.17) is 16.3 Å². The summed E-state index contributed by atoms with van der Waals surface area (Å²) < 4.78 is 58.5. The Labute approximate surface area is 169 Å². The van der Waals surface area contributed by atoms with Crippen LogP contribution in [0.1, 0.15) is 0 Å². The molecule has 0 saturated carbocycles. The molecule has 1 unspecified atom stereocenters. The molecule has 0 saturated heterocycles. The molecule has 1 aliphatic heterocycles. The second-order valence-electron chi connectivity index (χ2n) is 6.26. The lowest BCUT2D eigenvalue weighted by atomic mass is 9.96. The van der Waals surface area contributed by atoms with E-state index >= 15 is 0 Å². The van der Waals surface area contributed by atoms with Gasteiger partial charge in [0.15, 0.2) is 6.61 Å². The second kappa shape index (κ2) is 8.34. The number of alkyl halides is 3. The molecule has 0 radical (unpaired) electrons. The van der Waals surface area contributed by atoms with Crippen molar-refractivity contribution in [3.63, 3.8) is 0 Å². The average molecular weight is 428 g/mol. The van der Waals surface area contributed by atoms with E-state index in [2.05, 4.69) is 10.7 Å². The Hall–Kier alpha value is -2.72. The zero-order valence-corrected chi connectivity index (χ0v) is 15.8. The van der Waals surface area contributed by atoms with Gasteiger partial charge in [0.05, 0.1) is 16.4 Å². The minimum atomic E-state index is -4.59. The van der Waals surface area contributed by atoms with Gasteiger partial charge in [-0.1, -0.05) is 35.3 Å². The number of ether oxygens (including phenoxy) is 1. The number of anilines is 2. The van der Waals surface area contributed by atoms with Crippen LogP contribution in [0.25, 0.3) is 0 Å². The number of benzene rings is 2. The van der Waals surface area contributed by atoms with E-state index in [1.54, 1.807) is 26.0 Å². The van der Waals surface area contributed by atoms with Gasteiger partial charge < -0.3 is 10.1 Å². The Balaban J connectivity index is 1.73. The molecule has 1 heterocycles. The standard InChI is InChI=1S/C18H15BClF4N3O2/c19-10-5-6-13(12(21)7-10)25-16(28)9-29-17-8-15(18(22,23)24)26-27(17)14-4-2-1-3-11(14)20/h1-8,15,26H,9,19H2,(H,25,28). The van der Waals surface area contributed by atoms with Crippen LogP contribution >= 0.6 is 11.6 Å². The van der Waals surface area contributed by atoms with Crippen LogP contribution < -0.4 is 21.2 Å². The Morgan fingerprint density at radius 3 is 2.66 bits per heavy atom. The molecule has 0 fully saturated rings. The van der Waals surface area contributed by atoms with Crippen molar-refractivity contribution in [2.24, 2.45) is 0 Å². The van der Waals surface area contributed by atoms with Gasteiger partial charge in [0.1, 0.15) is 19.7 Å². The van der Waals surface area contributed by atoms with Crippen molar-refractivity contribution >= 4 is 42.2 Å². The third-order valence-corrected chi connectivity index (χ3v) is 4.31. The van der Waals surface area contributed by atoms with Gasteiger partial charge in [0, 0.05) is 6.08 Å². The van der Waals surface area contributed by atoms with Gasteiger partial charge in [-0.05, 0) is 24.3 Å². The normalized spacial score (nSPS) is 16.5. The number of para-hydroxylation sites is 1. The molecule has 152 valence electrons. The van der Waals surface area contributed by atoms with Crippen LogP contribution in [0.2, 0.25) is 5.02 Å². The highest BCUT2D eigenvalue weighted by atomic mass is 35.5. The Morgan fingerprint density at radius 1 is 1.28 bits per heavy atom. The van der Waals surface area contributed by atoms with E-state index in [9.17, 15) is 22.4 Å². The first-order valence-corrected chi connectivity index (χ1v) is 8.81. The fraction of sp³-hybridized carbons (Fsp3) is 0.167. The van der Waals surface area contributed by atoms with Crippen LogP contribution in [0, 0.1) is 5.82 Å². The van der Waals surface area contributed by atoms with Crippen LogP contribution in [0.4, 0.5) is 28.9 Å². The summed E-state index contributed by atoms with van der Waals surface area (Å²) in [5, 5.41) is 3.51. The maximum absolute atomic E-state index is 13.8. The summed E-state index contributed by atoms with van der Waals surface area (Å²) in [4.78, 5) is 12.1. The summed E-state index contributed by atoms with van der Waals surface area (Å²) in [7, 11) is 1.69. The fourth-order valence-electron chi connectivity index (χ4n) is 2.61. The first-order chi connectivity index (χ1) is 13.6. The highest BCUT2D eigenvalue weighted by Gasteiger charge is 2.44. The predicted molar refractivity (Wildman–Crippen MR) is 104 cm³/mol. The number of hydrogen-bond acceptors (Lipinski definition) is 4. The topological polar surface area (TPSA) is 53.6 Å². The number of rotatable bonds is 5. The maximum Gasteiger partial charge on any atom is 0.409 e. The maximum atomic E-state index is 13.8. The first-order valence-electron chi connectivity index (χ1n) is 8.43. The summed E-state index contributed by atoms with van der Waals surface area (Å²) in [6, 6.07) is 8.42. The lowest BCUT2D eigenvalue weighted by molar-refractivity contribution is -0.142. The molecule has 3 rings (SSSR count). The van der Waals surface area contributed by atoms with Crippen molar-refractivity contribution in [3.8, 4) is 0 Å². The molecule has 11 heteroatoms. The molecule has 2 aromatic rings. The van der Waals surface area contributed by atoms with E-state index in [-0.39, 0.29) is 22.3 Å². The third kappa shape index (κ3) is 5.01. The summed E-state index contributed by atoms with van der Waals surface area (Å²) in [5.74, 6) is -1.61. The molecule has 0 spiro atoms. The van der Waals surface area contributed by atoms with Crippen LogP contribution in [0.3, 0.4) is 0 Å². The Bertz CT molecular complexity index is 955. The SMILES string of the molecule is Bc1ccc(NC(=O)COC2=CC(C(F)(F)F)NN2c2ccccc2Cl)c(F)c1. The number of nitrogens with one attached hydrogen (secondary N) is 2. The zero-order valence-electron chi connectivity index (χ0n) is 15.1. The van der Waals surface area contributed by atoms with Crippen LogP contribution in [-0.2, 0) is 9.53 Å². The summed E-state index contributed by atoms with van der Waals surface area (Å²) in [6.07, 6.45) is -3.79. The van der Waals surface area contributed by atoms with Crippen molar-refractivity contribution in [1.29, 1.82) is 0 Å². The van der Waals surface area contributed by atoms with Gasteiger partial charge in [0.2, 0.25) is 5.88 Å². The molecule has 1 aliphatic rings. The monoisotopic (exact) mass is 427 g/mol. The first kappa shape index (κ1) is 21.0. The average Bonchev–Trinajstić information content (AvgIpc) is 3.07. The smallest absolute Gasteiger partial charge is 0.409 e. The van der Waals surface area contributed by atoms with Crippen molar-refractivity contribution < 1.29 is 27.1 Å². The van der Waals surface area contributed by atoms with Gasteiger partial charge in [0.25, 0.3) is 5.91 Å². The number of carbonyl (C=O) groups excluding carboxylic acids is 1. The molecule has 1 amide bonds. The van der Waals surface area contributed by atoms with E-state index < -0.39 is 30.5 Å². The highest BCUT2D eigenvalue weighted by molar-refractivity contribution is 6.33. The van der Waals surface area contributed by atoms with Crippen molar-refractivity contribution in [3.05, 3.63) is 65.3 Å². The largest absolute Gasteiger partial charge is 0.468 e. The molecule has 0 bridgehead atoms. The highest BCUT2D eigenvalue weighted by Crippen LogP contribution is 2.33.